The summed E-state index contributed by atoms with van der Waals surface area (Å²) in [4.78, 5) is 23.9. The van der Waals surface area contributed by atoms with Crippen LogP contribution in [-0.2, 0) is 14.3 Å². The molecule has 0 aliphatic heterocycles. The van der Waals surface area contributed by atoms with Gasteiger partial charge in [-0.1, -0.05) is 20.8 Å². The lowest BCUT2D eigenvalue weighted by Gasteiger charge is -2.39. The van der Waals surface area contributed by atoms with Crippen molar-refractivity contribution in [1.29, 1.82) is 0 Å². The largest absolute Gasteiger partial charge is 0.458 e. The van der Waals surface area contributed by atoms with Crippen molar-refractivity contribution in [3.05, 3.63) is 0 Å². The van der Waals surface area contributed by atoms with Crippen molar-refractivity contribution < 1.29 is 14.3 Å². The Morgan fingerprint density at radius 2 is 1.79 bits per heavy atom. The fourth-order valence-electron chi connectivity index (χ4n) is 2.79. The zero-order valence-electron chi connectivity index (χ0n) is 13.0. The van der Waals surface area contributed by atoms with Crippen LogP contribution < -0.4 is 0 Å². The minimum Gasteiger partial charge on any atom is -0.458 e. The number of Topliss-reactive ketones (excluding diaryl/α,β-unsaturated/α-hetero) is 1. The zero-order chi connectivity index (χ0) is 14.7. The van der Waals surface area contributed by atoms with E-state index in [9.17, 15) is 9.59 Å². The molecule has 0 aromatic carbocycles. The van der Waals surface area contributed by atoms with Crippen molar-refractivity contribution >= 4 is 11.8 Å². The molecule has 0 aromatic rings. The maximum atomic E-state index is 12.4. The predicted molar refractivity (Wildman–Crippen MR) is 75.8 cm³/mol. The van der Waals surface area contributed by atoms with E-state index < -0.39 is 11.0 Å². The van der Waals surface area contributed by atoms with Crippen molar-refractivity contribution in [1.82, 2.24) is 0 Å². The third-order valence-electron chi connectivity index (χ3n) is 4.92. The molecule has 1 atom stereocenters. The molecule has 0 spiro atoms. The summed E-state index contributed by atoms with van der Waals surface area (Å²) in [7, 11) is 0. The molecule has 3 nitrogen and oxygen atoms in total. The number of hydrogen-bond donors (Lipinski definition) is 0. The van der Waals surface area contributed by atoms with Crippen LogP contribution in [0.5, 0.6) is 0 Å². The predicted octanol–water partition coefficient (Wildman–Crippen LogP) is 3.89. The first-order chi connectivity index (χ1) is 8.81. The Labute approximate surface area is 117 Å². The molecule has 0 radical (unpaired) electrons. The van der Waals surface area contributed by atoms with Gasteiger partial charge in [0, 0.05) is 18.8 Å². The molecule has 0 bridgehead atoms. The molecule has 0 aromatic heterocycles. The molecule has 1 rings (SSSR count). The normalized spacial score (nSPS) is 20.7. The molecule has 1 unspecified atom stereocenters. The lowest BCUT2D eigenvalue weighted by molar-refractivity contribution is -0.178. The van der Waals surface area contributed by atoms with Gasteiger partial charge in [0.15, 0.2) is 0 Å². The van der Waals surface area contributed by atoms with Crippen molar-refractivity contribution in [2.75, 3.05) is 0 Å². The van der Waals surface area contributed by atoms with Crippen LogP contribution in [0.4, 0.5) is 0 Å². The van der Waals surface area contributed by atoms with E-state index in [1.54, 1.807) is 0 Å². The standard InChI is InChI=1S/C16H28O3/c1-6-15(4,5)14(18)19-16(7-2,8-3)12-9-10-13(17)11-12/h12H,6-11H2,1-5H3. The Morgan fingerprint density at radius 1 is 1.21 bits per heavy atom. The van der Waals surface area contributed by atoms with Gasteiger partial charge in [0.2, 0.25) is 0 Å². The lowest BCUT2D eigenvalue weighted by Crippen LogP contribution is -2.44. The summed E-state index contributed by atoms with van der Waals surface area (Å²) >= 11 is 0. The molecule has 1 fully saturated rings. The summed E-state index contributed by atoms with van der Waals surface area (Å²) in [5.41, 5.74) is -0.895. The molecular weight excluding hydrogens is 240 g/mol. The highest BCUT2D eigenvalue weighted by Crippen LogP contribution is 2.41. The maximum absolute atomic E-state index is 12.4. The monoisotopic (exact) mass is 268 g/mol. The summed E-state index contributed by atoms with van der Waals surface area (Å²) in [6.45, 7) is 9.95. The van der Waals surface area contributed by atoms with Gasteiger partial charge in [0.25, 0.3) is 0 Å². The topological polar surface area (TPSA) is 43.4 Å². The van der Waals surface area contributed by atoms with Gasteiger partial charge in [-0.2, -0.15) is 0 Å². The van der Waals surface area contributed by atoms with E-state index in [4.69, 9.17) is 4.74 Å². The first-order valence-corrected chi connectivity index (χ1v) is 7.56. The minimum atomic E-state index is -0.449. The molecule has 0 N–H and O–H groups in total. The van der Waals surface area contributed by atoms with E-state index >= 15 is 0 Å². The fraction of sp³-hybridized carbons (Fsp3) is 0.875. The maximum Gasteiger partial charge on any atom is 0.312 e. The van der Waals surface area contributed by atoms with Crippen molar-refractivity contribution in [2.45, 2.75) is 78.7 Å². The number of ketones is 1. The van der Waals surface area contributed by atoms with E-state index in [2.05, 4.69) is 13.8 Å². The highest BCUT2D eigenvalue weighted by atomic mass is 16.6. The Balaban J connectivity index is 2.88. The summed E-state index contributed by atoms with van der Waals surface area (Å²) in [5.74, 6) is 0.381. The van der Waals surface area contributed by atoms with Crippen LogP contribution in [0, 0.1) is 11.3 Å². The molecule has 110 valence electrons. The first kappa shape index (κ1) is 16.2. The second-order valence-corrected chi connectivity index (χ2v) is 6.38. The minimum absolute atomic E-state index is 0.127. The number of carbonyl (C=O) groups excluding carboxylic acids is 2. The molecule has 19 heavy (non-hydrogen) atoms. The van der Waals surface area contributed by atoms with E-state index in [0.717, 1.165) is 25.7 Å². The van der Waals surface area contributed by atoms with Crippen LogP contribution in [0.1, 0.15) is 73.1 Å². The van der Waals surface area contributed by atoms with Crippen LogP contribution >= 0.6 is 0 Å². The molecule has 0 heterocycles. The van der Waals surface area contributed by atoms with Gasteiger partial charge in [-0.3, -0.25) is 9.59 Å². The number of carbonyl (C=O) groups is 2. The first-order valence-electron chi connectivity index (χ1n) is 7.56. The Bertz CT molecular complexity index is 340. The average molecular weight is 268 g/mol. The van der Waals surface area contributed by atoms with Gasteiger partial charge in [-0.25, -0.2) is 0 Å². The number of hydrogen-bond acceptors (Lipinski definition) is 3. The number of rotatable bonds is 6. The van der Waals surface area contributed by atoms with Crippen molar-refractivity contribution in [3.8, 4) is 0 Å². The summed E-state index contributed by atoms with van der Waals surface area (Å²) < 4.78 is 5.93. The van der Waals surface area contributed by atoms with E-state index in [1.165, 1.54) is 0 Å². The van der Waals surface area contributed by atoms with Gasteiger partial charge in [0.1, 0.15) is 11.4 Å². The quantitative estimate of drug-likeness (QED) is 0.686. The summed E-state index contributed by atoms with van der Waals surface area (Å²) in [6.07, 6.45) is 4.40. The van der Waals surface area contributed by atoms with Crippen LogP contribution in [0.2, 0.25) is 0 Å². The highest BCUT2D eigenvalue weighted by molar-refractivity contribution is 5.81. The molecular formula is C16H28O3. The average Bonchev–Trinajstić information content (AvgIpc) is 2.82. The Morgan fingerprint density at radius 3 is 2.16 bits per heavy atom. The second-order valence-electron chi connectivity index (χ2n) is 6.38. The molecule has 1 aliphatic rings. The summed E-state index contributed by atoms with van der Waals surface area (Å²) in [6, 6.07) is 0. The zero-order valence-corrected chi connectivity index (χ0v) is 13.0. The molecule has 1 aliphatic carbocycles. The van der Waals surface area contributed by atoms with Crippen LogP contribution in [0.3, 0.4) is 0 Å². The molecule has 0 amide bonds. The third kappa shape index (κ3) is 3.37. The highest BCUT2D eigenvalue weighted by Gasteiger charge is 2.44. The van der Waals surface area contributed by atoms with Gasteiger partial charge in [-0.05, 0) is 39.5 Å². The van der Waals surface area contributed by atoms with E-state index in [1.807, 2.05) is 20.8 Å². The van der Waals surface area contributed by atoms with Crippen LogP contribution in [0.25, 0.3) is 0 Å². The van der Waals surface area contributed by atoms with Crippen LogP contribution in [0.15, 0.2) is 0 Å². The van der Waals surface area contributed by atoms with E-state index in [0.29, 0.717) is 18.6 Å². The van der Waals surface area contributed by atoms with Gasteiger partial charge in [0.05, 0.1) is 5.41 Å². The third-order valence-corrected chi connectivity index (χ3v) is 4.92. The molecule has 3 heteroatoms. The molecule has 0 saturated heterocycles. The van der Waals surface area contributed by atoms with Crippen LogP contribution in [-0.4, -0.2) is 17.4 Å². The van der Waals surface area contributed by atoms with Gasteiger partial charge in [-0.15, -0.1) is 0 Å². The second kappa shape index (κ2) is 6.06. The van der Waals surface area contributed by atoms with Crippen molar-refractivity contribution in [3.63, 3.8) is 0 Å². The lowest BCUT2D eigenvalue weighted by atomic mass is 9.80. The Kier molecular flexibility index (Phi) is 5.17. The number of ether oxygens (including phenoxy) is 1. The van der Waals surface area contributed by atoms with Crippen molar-refractivity contribution in [2.24, 2.45) is 11.3 Å². The fourth-order valence-corrected chi connectivity index (χ4v) is 2.79. The molecule has 1 saturated carbocycles. The van der Waals surface area contributed by atoms with E-state index in [-0.39, 0.29) is 11.9 Å². The number of esters is 1. The Hall–Kier alpha value is -0.860. The van der Waals surface area contributed by atoms with Gasteiger partial charge < -0.3 is 4.74 Å². The van der Waals surface area contributed by atoms with Gasteiger partial charge >= 0.3 is 5.97 Å². The smallest absolute Gasteiger partial charge is 0.312 e. The SMILES string of the molecule is CCC(C)(C)C(=O)OC(CC)(CC)C1CCC(=O)C1. The summed E-state index contributed by atoms with van der Waals surface area (Å²) in [5, 5.41) is 0.